The minimum atomic E-state index is -3.24. The molecule has 0 unspecified atom stereocenters. The molecule has 7 heteroatoms. The molecule has 1 saturated heterocycles. The number of amides is 1. The molecule has 0 radical (unpaired) electrons. The minimum Gasteiger partial charge on any atom is -0.340 e. The Morgan fingerprint density at radius 2 is 2.10 bits per heavy atom. The van der Waals surface area contributed by atoms with Gasteiger partial charge in [-0.1, -0.05) is 6.07 Å². The second-order valence-electron chi connectivity index (χ2n) is 4.86. The first-order valence-corrected chi connectivity index (χ1v) is 8.29. The van der Waals surface area contributed by atoms with Gasteiger partial charge in [0.05, 0.1) is 5.75 Å². The molecule has 0 aromatic carbocycles. The molecule has 0 atom stereocenters. The third-order valence-electron chi connectivity index (χ3n) is 3.35. The molecule has 1 aliphatic heterocycles. The number of pyridine rings is 1. The molecule has 2 rings (SSSR count). The second-order valence-corrected chi connectivity index (χ2v) is 6.95. The monoisotopic (exact) mass is 297 g/mol. The molecule has 2 heterocycles. The van der Waals surface area contributed by atoms with Crippen molar-refractivity contribution in [1.29, 1.82) is 0 Å². The Kier molecular flexibility index (Phi) is 5.08. The smallest absolute Gasteiger partial charge is 0.215 e. The van der Waals surface area contributed by atoms with E-state index in [2.05, 4.69) is 4.98 Å². The zero-order valence-corrected chi connectivity index (χ0v) is 12.1. The van der Waals surface area contributed by atoms with Crippen LogP contribution in [-0.2, 0) is 21.4 Å². The Labute approximate surface area is 119 Å². The van der Waals surface area contributed by atoms with Crippen LogP contribution in [0.1, 0.15) is 18.4 Å². The Morgan fingerprint density at radius 3 is 2.70 bits per heavy atom. The summed E-state index contributed by atoms with van der Waals surface area (Å²) in [6.07, 6.45) is 5.86. The second kappa shape index (κ2) is 6.81. The van der Waals surface area contributed by atoms with Crippen molar-refractivity contribution in [1.82, 2.24) is 14.2 Å². The summed E-state index contributed by atoms with van der Waals surface area (Å²) in [5, 5.41) is 0. The molecule has 0 aliphatic carbocycles. The number of rotatable bonds is 7. The lowest BCUT2D eigenvalue weighted by Gasteiger charge is -2.20. The number of hydrogen-bond donors (Lipinski definition) is 0. The first-order chi connectivity index (χ1) is 9.62. The van der Waals surface area contributed by atoms with Gasteiger partial charge in [0.15, 0.2) is 0 Å². The molecule has 1 aromatic heterocycles. The van der Waals surface area contributed by atoms with Crippen molar-refractivity contribution in [3.8, 4) is 0 Å². The highest BCUT2D eigenvalue weighted by Crippen LogP contribution is 2.13. The van der Waals surface area contributed by atoms with Crippen LogP contribution in [0.3, 0.4) is 0 Å². The number of aromatic nitrogens is 1. The van der Waals surface area contributed by atoms with Crippen molar-refractivity contribution in [2.24, 2.45) is 0 Å². The van der Waals surface area contributed by atoms with E-state index in [-0.39, 0.29) is 12.3 Å². The first kappa shape index (κ1) is 14.9. The van der Waals surface area contributed by atoms with E-state index in [1.165, 1.54) is 9.21 Å². The standard InChI is InChI=1S/C13H19N3O3S/c17-12-15(11-13-4-3-5-14-10-13)8-9-20(18,19)16-6-1-2-7-16/h3-5,10,12H,1-2,6-9,11H2. The summed E-state index contributed by atoms with van der Waals surface area (Å²) in [6.45, 7) is 1.79. The predicted octanol–water partition coefficient (Wildman–Crippen LogP) is 0.466. The van der Waals surface area contributed by atoms with Gasteiger partial charge in [0.1, 0.15) is 0 Å². The number of hydrogen-bond acceptors (Lipinski definition) is 4. The molecular formula is C13H19N3O3S. The van der Waals surface area contributed by atoms with E-state index < -0.39 is 10.0 Å². The van der Waals surface area contributed by atoms with Gasteiger partial charge < -0.3 is 4.90 Å². The van der Waals surface area contributed by atoms with Crippen molar-refractivity contribution in [2.75, 3.05) is 25.4 Å². The van der Waals surface area contributed by atoms with Crippen LogP contribution < -0.4 is 0 Å². The van der Waals surface area contributed by atoms with E-state index in [9.17, 15) is 13.2 Å². The molecule has 20 heavy (non-hydrogen) atoms. The quantitative estimate of drug-likeness (QED) is 0.686. The molecule has 0 saturated carbocycles. The van der Waals surface area contributed by atoms with Crippen LogP contribution in [0, 0.1) is 0 Å². The zero-order valence-electron chi connectivity index (χ0n) is 11.3. The molecule has 1 amide bonds. The Hall–Kier alpha value is -1.47. The molecule has 0 spiro atoms. The van der Waals surface area contributed by atoms with Gasteiger partial charge in [-0.2, -0.15) is 0 Å². The van der Waals surface area contributed by atoms with Crippen LogP contribution in [0.15, 0.2) is 24.5 Å². The summed E-state index contributed by atoms with van der Waals surface area (Å²) >= 11 is 0. The van der Waals surface area contributed by atoms with Crippen molar-refractivity contribution >= 4 is 16.4 Å². The lowest BCUT2D eigenvalue weighted by molar-refractivity contribution is -0.118. The van der Waals surface area contributed by atoms with Crippen molar-refractivity contribution in [3.05, 3.63) is 30.1 Å². The highest BCUT2D eigenvalue weighted by atomic mass is 32.2. The summed E-state index contributed by atoms with van der Waals surface area (Å²) in [7, 11) is -3.24. The number of carbonyl (C=O) groups excluding carboxylic acids is 1. The molecule has 110 valence electrons. The number of nitrogens with zero attached hydrogens (tertiary/aromatic N) is 3. The largest absolute Gasteiger partial charge is 0.340 e. The van der Waals surface area contributed by atoms with E-state index in [0.717, 1.165) is 18.4 Å². The molecular weight excluding hydrogens is 278 g/mol. The highest BCUT2D eigenvalue weighted by Gasteiger charge is 2.25. The van der Waals surface area contributed by atoms with Crippen LogP contribution in [-0.4, -0.2) is 54.4 Å². The Morgan fingerprint density at radius 1 is 1.35 bits per heavy atom. The maximum absolute atomic E-state index is 12.1. The lowest BCUT2D eigenvalue weighted by atomic mass is 10.3. The fourth-order valence-electron chi connectivity index (χ4n) is 2.22. The van der Waals surface area contributed by atoms with E-state index >= 15 is 0 Å². The lowest BCUT2D eigenvalue weighted by Crippen LogP contribution is -2.35. The van der Waals surface area contributed by atoms with Crippen LogP contribution in [0.5, 0.6) is 0 Å². The van der Waals surface area contributed by atoms with Crippen molar-refractivity contribution in [2.45, 2.75) is 19.4 Å². The normalized spacial score (nSPS) is 16.2. The van der Waals surface area contributed by atoms with Crippen LogP contribution in [0.2, 0.25) is 0 Å². The van der Waals surface area contributed by atoms with Gasteiger partial charge in [-0.05, 0) is 24.5 Å². The summed E-state index contributed by atoms with van der Waals surface area (Å²) in [5.74, 6) is -0.0218. The number of carbonyl (C=O) groups is 1. The summed E-state index contributed by atoms with van der Waals surface area (Å²) in [6, 6.07) is 3.65. The van der Waals surface area contributed by atoms with Crippen LogP contribution in [0.25, 0.3) is 0 Å². The molecule has 0 bridgehead atoms. The Bertz CT molecular complexity index is 527. The van der Waals surface area contributed by atoms with Gasteiger partial charge in [0, 0.05) is 38.6 Å². The average molecular weight is 297 g/mol. The van der Waals surface area contributed by atoms with Gasteiger partial charge in [-0.3, -0.25) is 9.78 Å². The summed E-state index contributed by atoms with van der Waals surface area (Å²) in [5.41, 5.74) is 0.887. The molecule has 1 fully saturated rings. The van der Waals surface area contributed by atoms with Gasteiger partial charge in [-0.15, -0.1) is 0 Å². The van der Waals surface area contributed by atoms with Gasteiger partial charge in [0.2, 0.25) is 16.4 Å². The fourth-order valence-corrected chi connectivity index (χ4v) is 3.76. The van der Waals surface area contributed by atoms with Crippen molar-refractivity contribution in [3.63, 3.8) is 0 Å². The maximum atomic E-state index is 12.1. The van der Waals surface area contributed by atoms with E-state index in [1.807, 2.05) is 6.07 Å². The fraction of sp³-hybridized carbons (Fsp3) is 0.538. The van der Waals surface area contributed by atoms with Crippen LogP contribution in [0.4, 0.5) is 0 Å². The van der Waals surface area contributed by atoms with E-state index in [4.69, 9.17) is 0 Å². The minimum absolute atomic E-state index is 0.0218. The van der Waals surface area contributed by atoms with Crippen LogP contribution >= 0.6 is 0 Å². The van der Waals surface area contributed by atoms with Gasteiger partial charge >= 0.3 is 0 Å². The van der Waals surface area contributed by atoms with Gasteiger partial charge in [-0.25, -0.2) is 12.7 Å². The van der Waals surface area contributed by atoms with Gasteiger partial charge in [0.25, 0.3) is 0 Å². The first-order valence-electron chi connectivity index (χ1n) is 6.68. The summed E-state index contributed by atoms with van der Waals surface area (Å²) in [4.78, 5) is 16.5. The van der Waals surface area contributed by atoms with E-state index in [0.29, 0.717) is 26.0 Å². The average Bonchev–Trinajstić information content (AvgIpc) is 2.99. The van der Waals surface area contributed by atoms with E-state index in [1.54, 1.807) is 18.5 Å². The molecule has 6 nitrogen and oxygen atoms in total. The number of sulfonamides is 1. The topological polar surface area (TPSA) is 70.6 Å². The molecule has 0 N–H and O–H groups in total. The molecule has 1 aliphatic rings. The third-order valence-corrected chi connectivity index (χ3v) is 5.20. The zero-order chi connectivity index (χ0) is 14.4. The SMILES string of the molecule is O=CN(CCS(=O)(=O)N1CCCC1)Cc1cccnc1. The third kappa shape index (κ3) is 4.01. The maximum Gasteiger partial charge on any atom is 0.215 e. The highest BCUT2D eigenvalue weighted by molar-refractivity contribution is 7.89. The predicted molar refractivity (Wildman–Crippen MR) is 75.3 cm³/mol. The Balaban J connectivity index is 1.89. The van der Waals surface area contributed by atoms with Crippen molar-refractivity contribution < 1.29 is 13.2 Å². The summed E-state index contributed by atoms with van der Waals surface area (Å²) < 4.78 is 25.7. The molecule has 1 aromatic rings.